The Hall–Kier alpha value is -5.11. The summed E-state index contributed by atoms with van der Waals surface area (Å²) in [6.07, 6.45) is 11.8. The van der Waals surface area contributed by atoms with Crippen LogP contribution in [0.25, 0.3) is 71.6 Å². The first-order valence-corrected chi connectivity index (χ1v) is 19.8. The van der Waals surface area contributed by atoms with Crippen LogP contribution in [0.5, 0.6) is 0 Å². The maximum absolute atomic E-state index is 2.61. The highest BCUT2D eigenvalue weighted by atomic mass is 32.3. The molecule has 0 aromatic heterocycles. The lowest BCUT2D eigenvalue weighted by molar-refractivity contribution is 1.04. The molecule has 1 aliphatic carbocycles. The smallest absolute Gasteiger partial charge is 0.00220 e. The fraction of sp³-hybridized carbons (Fsp3) is 0.125. The quantitative estimate of drug-likeness (QED) is 0.167. The van der Waals surface area contributed by atoms with Crippen molar-refractivity contribution in [1.29, 1.82) is 0 Å². The molecule has 0 unspecified atom stereocenters. The number of hydrogen-bond donors (Lipinski definition) is 0. The monoisotopic (exact) mass is 648 g/mol. The molecule has 1 heterocycles. The zero-order valence-electron chi connectivity index (χ0n) is 28.7. The summed E-state index contributed by atoms with van der Waals surface area (Å²) in [7, 11) is -1.27. The average molecular weight is 649 g/mol. The highest BCUT2D eigenvalue weighted by Crippen LogP contribution is 2.68. The molecular weight excluding hydrogens is 609 g/mol. The van der Waals surface area contributed by atoms with Gasteiger partial charge in [0.2, 0.25) is 0 Å². The van der Waals surface area contributed by atoms with Gasteiger partial charge in [-0.2, -0.15) is 10.0 Å². The molecule has 1 heteroatoms. The lowest BCUT2D eigenvalue weighted by Gasteiger charge is -2.30. The molecular formula is C48H40S. The minimum Gasteiger partial charge on any atom is -0.192 e. The maximum Gasteiger partial charge on any atom is 0.00220 e. The van der Waals surface area contributed by atoms with Crippen LogP contribution in [0.4, 0.5) is 0 Å². The number of hydrogen-bond acceptors (Lipinski definition) is 0. The fourth-order valence-electron chi connectivity index (χ4n) is 8.37. The van der Waals surface area contributed by atoms with Gasteiger partial charge in [-0.1, -0.05) is 121 Å². The number of benzene rings is 7. The summed E-state index contributed by atoms with van der Waals surface area (Å²) in [4.78, 5) is 2.99. The summed E-state index contributed by atoms with van der Waals surface area (Å²) in [5.41, 5.74) is 16.1. The third-order valence-corrected chi connectivity index (χ3v) is 13.8. The van der Waals surface area contributed by atoms with Gasteiger partial charge in [-0.15, -0.1) is 0 Å². The van der Waals surface area contributed by atoms with E-state index in [2.05, 4.69) is 172 Å². The maximum atomic E-state index is 2.61. The largest absolute Gasteiger partial charge is 0.192 e. The minimum atomic E-state index is -1.27. The third-order valence-electron chi connectivity index (χ3n) is 10.9. The van der Waals surface area contributed by atoms with E-state index >= 15 is 0 Å². The minimum absolute atomic E-state index is 1.06. The molecule has 0 amide bonds. The van der Waals surface area contributed by atoms with Gasteiger partial charge < -0.3 is 0 Å². The first-order valence-electron chi connectivity index (χ1n) is 17.4. The zero-order chi connectivity index (χ0) is 33.3. The highest BCUT2D eigenvalue weighted by Gasteiger charge is 2.34. The van der Waals surface area contributed by atoms with E-state index in [1.54, 1.807) is 0 Å². The van der Waals surface area contributed by atoms with E-state index in [1.165, 1.54) is 98.1 Å². The van der Waals surface area contributed by atoms with E-state index in [1.807, 2.05) is 0 Å². The summed E-state index contributed by atoms with van der Waals surface area (Å²) in [5.74, 6) is 0. The molecule has 7 aromatic carbocycles. The van der Waals surface area contributed by atoms with Crippen LogP contribution in [-0.4, -0.2) is 12.5 Å². The van der Waals surface area contributed by atoms with Gasteiger partial charge in [0.15, 0.2) is 0 Å². The van der Waals surface area contributed by atoms with Crippen LogP contribution in [0.1, 0.15) is 30.9 Å². The SMILES string of the molecule is CC1=C(c2c3ccc(-c4ccccc4)cc3c(-c3ccccc3C)c3cc4c(cc23)-c2ccc(-c3ccccc3)cc2S4(C)C)CCC=C1. The summed E-state index contributed by atoms with van der Waals surface area (Å²) in [6, 6.07) is 50.3. The first-order chi connectivity index (χ1) is 23.9. The van der Waals surface area contributed by atoms with Gasteiger partial charge in [-0.05, 0) is 152 Å². The van der Waals surface area contributed by atoms with E-state index in [-0.39, 0.29) is 0 Å². The van der Waals surface area contributed by atoms with Crippen molar-refractivity contribution >= 4 is 37.1 Å². The number of fused-ring (bicyclic) bond motifs is 5. The van der Waals surface area contributed by atoms with Crippen molar-refractivity contribution in [3.63, 3.8) is 0 Å². The summed E-state index contributed by atoms with van der Waals surface area (Å²) >= 11 is 0. The molecule has 0 N–H and O–H groups in total. The zero-order valence-corrected chi connectivity index (χ0v) is 29.5. The van der Waals surface area contributed by atoms with Crippen molar-refractivity contribution in [2.45, 2.75) is 36.5 Å². The van der Waals surface area contributed by atoms with Gasteiger partial charge in [-0.3, -0.25) is 0 Å². The highest BCUT2D eigenvalue weighted by molar-refractivity contribution is 8.33. The molecule has 2 aliphatic rings. The molecule has 0 bridgehead atoms. The van der Waals surface area contributed by atoms with Crippen LogP contribution in [0.2, 0.25) is 0 Å². The van der Waals surface area contributed by atoms with Crippen molar-refractivity contribution < 1.29 is 0 Å². The topological polar surface area (TPSA) is 0 Å². The summed E-state index contributed by atoms with van der Waals surface area (Å²) in [5, 5.41) is 5.42. The summed E-state index contributed by atoms with van der Waals surface area (Å²) < 4.78 is 0. The molecule has 0 spiro atoms. The van der Waals surface area contributed by atoms with Crippen LogP contribution in [0, 0.1) is 6.92 Å². The van der Waals surface area contributed by atoms with Crippen molar-refractivity contribution in [1.82, 2.24) is 0 Å². The van der Waals surface area contributed by atoms with Crippen LogP contribution in [-0.2, 0) is 0 Å². The van der Waals surface area contributed by atoms with Gasteiger partial charge in [0, 0.05) is 9.79 Å². The van der Waals surface area contributed by atoms with E-state index in [9.17, 15) is 0 Å². The molecule has 7 aromatic rings. The molecule has 0 saturated carbocycles. The number of rotatable bonds is 4. The number of aryl methyl sites for hydroxylation is 1. The molecule has 1 aliphatic heterocycles. The third kappa shape index (κ3) is 4.75. The Bertz CT molecular complexity index is 2510. The molecule has 0 radical (unpaired) electrons. The Labute approximate surface area is 291 Å². The van der Waals surface area contributed by atoms with Crippen LogP contribution in [0.15, 0.2) is 161 Å². The van der Waals surface area contributed by atoms with Crippen LogP contribution >= 0.6 is 10.0 Å². The Kier molecular flexibility index (Phi) is 7.04. The van der Waals surface area contributed by atoms with Crippen molar-refractivity contribution in [2.24, 2.45) is 0 Å². The Morgan fingerprint density at radius 2 is 1.08 bits per heavy atom. The van der Waals surface area contributed by atoms with Crippen LogP contribution < -0.4 is 0 Å². The van der Waals surface area contributed by atoms with E-state index in [4.69, 9.17) is 0 Å². The van der Waals surface area contributed by atoms with Gasteiger partial charge in [0.05, 0.1) is 0 Å². The average Bonchev–Trinajstić information content (AvgIpc) is 3.36. The van der Waals surface area contributed by atoms with E-state index < -0.39 is 10.0 Å². The van der Waals surface area contributed by atoms with Crippen molar-refractivity contribution in [2.75, 3.05) is 12.5 Å². The molecule has 0 nitrogen and oxygen atoms in total. The Morgan fingerprint density at radius 1 is 0.469 bits per heavy atom. The van der Waals surface area contributed by atoms with Gasteiger partial charge in [0.1, 0.15) is 0 Å². The standard InChI is InChI=1S/C48H40S/c1-31-15-11-13-21-37(31)47-40-26-24-35(33-17-7-5-8-18-33)27-42(40)48(38-22-14-12-16-32(38)2)44-30-46-41(29-43(44)47)39-25-23-36(28-45(39)49(46,3)4)34-19-9-6-10-20-34/h5-12,14-20,22-30H,13,21H2,1-4H3. The van der Waals surface area contributed by atoms with Crippen molar-refractivity contribution in [3.8, 4) is 44.5 Å². The second-order valence-electron chi connectivity index (χ2n) is 14.1. The predicted molar refractivity (Wildman–Crippen MR) is 215 cm³/mol. The lowest BCUT2D eigenvalue weighted by Crippen LogP contribution is -2.00. The second-order valence-corrected chi connectivity index (χ2v) is 17.6. The number of allylic oxidation sites excluding steroid dienone is 4. The van der Waals surface area contributed by atoms with Crippen LogP contribution in [0.3, 0.4) is 0 Å². The predicted octanol–water partition coefficient (Wildman–Crippen LogP) is 13.9. The second kappa shape index (κ2) is 11.5. The van der Waals surface area contributed by atoms with E-state index in [0.717, 1.165) is 12.8 Å². The van der Waals surface area contributed by atoms with Gasteiger partial charge in [-0.25, -0.2) is 0 Å². The molecule has 0 atom stereocenters. The van der Waals surface area contributed by atoms with Gasteiger partial charge in [0.25, 0.3) is 0 Å². The molecule has 0 fully saturated rings. The van der Waals surface area contributed by atoms with Crippen molar-refractivity contribution in [3.05, 3.63) is 162 Å². The lowest BCUT2D eigenvalue weighted by atomic mass is 9.80. The fourth-order valence-corrected chi connectivity index (χ4v) is 10.9. The first kappa shape index (κ1) is 30.0. The van der Waals surface area contributed by atoms with Gasteiger partial charge >= 0.3 is 0 Å². The molecule has 49 heavy (non-hydrogen) atoms. The summed E-state index contributed by atoms with van der Waals surface area (Å²) in [6.45, 7) is 4.57. The van der Waals surface area contributed by atoms with E-state index in [0.29, 0.717) is 0 Å². The Balaban J connectivity index is 1.42. The molecule has 9 rings (SSSR count). The normalized spacial score (nSPS) is 15.4. The Morgan fingerprint density at radius 3 is 1.80 bits per heavy atom. The molecule has 0 saturated heterocycles. The molecule has 238 valence electrons.